The molecular formula is C24H31N3O4. The normalized spacial score (nSPS) is 15.2. The molecular weight excluding hydrogens is 394 g/mol. The maximum absolute atomic E-state index is 13.0. The van der Waals surface area contributed by atoms with Crippen LogP contribution >= 0.6 is 0 Å². The molecule has 0 saturated carbocycles. The number of nitrogens with zero attached hydrogens (tertiary/aromatic N) is 3. The topological polar surface area (TPSA) is 86.9 Å². The monoisotopic (exact) mass is 425 g/mol. The van der Waals surface area contributed by atoms with Gasteiger partial charge in [0.2, 0.25) is 5.91 Å². The number of hydrogen-bond acceptors (Lipinski definition) is 5. The Morgan fingerprint density at radius 3 is 2.32 bits per heavy atom. The summed E-state index contributed by atoms with van der Waals surface area (Å²) in [6, 6.07) is 12.9. The fourth-order valence-corrected chi connectivity index (χ4v) is 4.10. The van der Waals surface area contributed by atoms with Gasteiger partial charge in [-0.1, -0.05) is 39.0 Å². The second-order valence-electron chi connectivity index (χ2n) is 8.47. The molecule has 0 atom stereocenters. The van der Waals surface area contributed by atoms with Crippen molar-refractivity contribution in [1.82, 2.24) is 4.90 Å². The fraction of sp³-hybridized carbons (Fsp3) is 0.458. The molecule has 1 aliphatic heterocycles. The molecule has 1 aliphatic rings. The second-order valence-corrected chi connectivity index (χ2v) is 8.47. The van der Waals surface area contributed by atoms with Crippen LogP contribution < -0.4 is 4.90 Å². The molecule has 0 unspecified atom stereocenters. The predicted octanol–water partition coefficient (Wildman–Crippen LogP) is 4.52. The molecule has 0 aliphatic carbocycles. The summed E-state index contributed by atoms with van der Waals surface area (Å²) in [5.41, 5.74) is 2.73. The van der Waals surface area contributed by atoms with E-state index in [0.29, 0.717) is 6.54 Å². The Labute approximate surface area is 183 Å². The van der Waals surface area contributed by atoms with Crippen molar-refractivity contribution >= 4 is 17.3 Å². The van der Waals surface area contributed by atoms with Crippen molar-refractivity contribution in [3.05, 3.63) is 63.7 Å². The van der Waals surface area contributed by atoms with Crippen LogP contribution in [0.4, 0.5) is 11.4 Å². The Bertz CT molecular complexity index is 919. The minimum Gasteiger partial charge on any atom is -0.502 e. The van der Waals surface area contributed by atoms with Gasteiger partial charge in [0, 0.05) is 43.3 Å². The first kappa shape index (κ1) is 22.7. The largest absolute Gasteiger partial charge is 0.502 e. The molecule has 2 aromatic rings. The van der Waals surface area contributed by atoms with Gasteiger partial charge in [-0.2, -0.15) is 0 Å². The van der Waals surface area contributed by atoms with E-state index in [9.17, 15) is 20.0 Å². The molecule has 1 fully saturated rings. The van der Waals surface area contributed by atoms with Gasteiger partial charge in [-0.05, 0) is 48.6 Å². The number of anilines is 1. The van der Waals surface area contributed by atoms with Crippen LogP contribution in [0.25, 0.3) is 0 Å². The molecule has 0 radical (unpaired) electrons. The summed E-state index contributed by atoms with van der Waals surface area (Å²) in [6.07, 6.45) is 2.65. The first-order valence-corrected chi connectivity index (χ1v) is 10.9. The van der Waals surface area contributed by atoms with Crippen molar-refractivity contribution < 1.29 is 14.8 Å². The Hall–Kier alpha value is -2.93. The first-order chi connectivity index (χ1) is 14.8. The van der Waals surface area contributed by atoms with Crippen LogP contribution in [0.1, 0.15) is 44.7 Å². The number of likely N-dealkylation sites (tertiary alicyclic amines) is 1. The summed E-state index contributed by atoms with van der Waals surface area (Å²) in [6.45, 7) is 8.16. The lowest BCUT2D eigenvalue weighted by atomic mass is 9.99. The molecule has 7 nitrogen and oxygen atoms in total. The summed E-state index contributed by atoms with van der Waals surface area (Å²) in [7, 11) is 0. The van der Waals surface area contributed by atoms with Crippen LogP contribution in [-0.4, -0.2) is 40.0 Å². The molecule has 1 N–H and O–H groups in total. The third kappa shape index (κ3) is 5.41. The van der Waals surface area contributed by atoms with E-state index in [0.717, 1.165) is 43.6 Å². The number of carbonyl (C=O) groups excluding carboxylic acids is 1. The third-order valence-electron chi connectivity index (χ3n) is 5.92. The van der Waals surface area contributed by atoms with E-state index >= 15 is 0 Å². The Morgan fingerprint density at radius 1 is 1.16 bits per heavy atom. The van der Waals surface area contributed by atoms with E-state index in [1.807, 2.05) is 30.9 Å². The van der Waals surface area contributed by atoms with Gasteiger partial charge < -0.3 is 10.0 Å². The average Bonchev–Trinajstić information content (AvgIpc) is 2.76. The molecule has 1 saturated heterocycles. The number of amides is 1. The van der Waals surface area contributed by atoms with Crippen LogP contribution in [0.15, 0.2) is 42.5 Å². The van der Waals surface area contributed by atoms with Crippen molar-refractivity contribution in [2.24, 2.45) is 5.92 Å². The lowest BCUT2D eigenvalue weighted by Gasteiger charge is -2.39. The molecule has 0 bridgehead atoms. The standard InChI is InChI=1S/C24H31N3O4/c1-4-18-5-8-20(9-6-18)26(24(29)17(2)3)21-11-13-25(14-12-21)16-19-7-10-23(28)22(15-19)27(30)31/h5-10,15,17,21,28H,4,11-14,16H2,1-3H3. The summed E-state index contributed by atoms with van der Waals surface area (Å²) in [5.74, 6) is -0.261. The summed E-state index contributed by atoms with van der Waals surface area (Å²) < 4.78 is 0. The zero-order valence-corrected chi connectivity index (χ0v) is 18.5. The number of nitro benzene ring substituents is 1. The van der Waals surface area contributed by atoms with Crippen LogP contribution in [0.3, 0.4) is 0 Å². The van der Waals surface area contributed by atoms with E-state index in [-0.39, 0.29) is 29.3 Å². The highest BCUT2D eigenvalue weighted by molar-refractivity contribution is 5.95. The lowest BCUT2D eigenvalue weighted by molar-refractivity contribution is -0.385. The smallest absolute Gasteiger partial charge is 0.311 e. The molecule has 2 aromatic carbocycles. The predicted molar refractivity (Wildman–Crippen MR) is 121 cm³/mol. The van der Waals surface area contributed by atoms with Crippen molar-refractivity contribution in [3.63, 3.8) is 0 Å². The second kappa shape index (κ2) is 9.92. The summed E-state index contributed by atoms with van der Waals surface area (Å²) in [4.78, 5) is 27.7. The zero-order valence-electron chi connectivity index (χ0n) is 18.5. The van der Waals surface area contributed by atoms with E-state index in [2.05, 4.69) is 24.0 Å². The van der Waals surface area contributed by atoms with Gasteiger partial charge >= 0.3 is 5.69 Å². The number of rotatable bonds is 7. The number of nitro groups is 1. The van der Waals surface area contributed by atoms with Crippen LogP contribution in [0.2, 0.25) is 0 Å². The van der Waals surface area contributed by atoms with Gasteiger partial charge in [0.05, 0.1) is 4.92 Å². The average molecular weight is 426 g/mol. The first-order valence-electron chi connectivity index (χ1n) is 10.9. The highest BCUT2D eigenvalue weighted by Crippen LogP contribution is 2.29. The number of hydrogen-bond donors (Lipinski definition) is 1. The highest BCUT2D eigenvalue weighted by atomic mass is 16.6. The Balaban J connectivity index is 1.70. The number of aromatic hydroxyl groups is 1. The number of aryl methyl sites for hydroxylation is 1. The van der Waals surface area contributed by atoms with Crippen molar-refractivity contribution in [2.45, 2.75) is 52.6 Å². The van der Waals surface area contributed by atoms with E-state index in [4.69, 9.17) is 0 Å². The van der Waals surface area contributed by atoms with Gasteiger partial charge in [-0.25, -0.2) is 0 Å². The van der Waals surface area contributed by atoms with Crippen LogP contribution in [0.5, 0.6) is 5.75 Å². The molecule has 31 heavy (non-hydrogen) atoms. The van der Waals surface area contributed by atoms with Gasteiger partial charge in [-0.3, -0.25) is 19.8 Å². The number of piperidine rings is 1. The zero-order chi connectivity index (χ0) is 22.5. The van der Waals surface area contributed by atoms with E-state index < -0.39 is 4.92 Å². The molecule has 0 aromatic heterocycles. The van der Waals surface area contributed by atoms with Gasteiger partial charge in [0.1, 0.15) is 0 Å². The van der Waals surface area contributed by atoms with E-state index in [1.54, 1.807) is 6.07 Å². The molecule has 1 heterocycles. The lowest BCUT2D eigenvalue weighted by Crippen LogP contribution is -2.48. The highest BCUT2D eigenvalue weighted by Gasteiger charge is 2.30. The number of phenols is 1. The molecule has 166 valence electrons. The summed E-state index contributed by atoms with van der Waals surface area (Å²) in [5, 5.41) is 20.7. The Kier molecular flexibility index (Phi) is 7.28. The van der Waals surface area contributed by atoms with E-state index in [1.165, 1.54) is 17.7 Å². The van der Waals surface area contributed by atoms with Crippen LogP contribution in [0, 0.1) is 16.0 Å². The third-order valence-corrected chi connectivity index (χ3v) is 5.92. The number of carbonyl (C=O) groups is 1. The molecule has 7 heteroatoms. The number of benzene rings is 2. The fourth-order valence-electron chi connectivity index (χ4n) is 4.10. The minimum absolute atomic E-state index is 0.0820. The van der Waals surface area contributed by atoms with Crippen LogP contribution in [-0.2, 0) is 17.8 Å². The minimum atomic E-state index is -0.565. The summed E-state index contributed by atoms with van der Waals surface area (Å²) >= 11 is 0. The quantitative estimate of drug-likeness (QED) is 0.521. The van der Waals surface area contributed by atoms with Gasteiger partial charge in [0.15, 0.2) is 5.75 Å². The van der Waals surface area contributed by atoms with Crippen molar-refractivity contribution in [3.8, 4) is 5.75 Å². The molecule has 1 amide bonds. The molecule has 0 spiro atoms. The number of phenolic OH excluding ortho intramolecular Hbond substituents is 1. The Morgan fingerprint density at radius 2 is 1.77 bits per heavy atom. The van der Waals surface area contributed by atoms with Gasteiger partial charge in [-0.15, -0.1) is 0 Å². The van der Waals surface area contributed by atoms with Crippen molar-refractivity contribution in [2.75, 3.05) is 18.0 Å². The van der Waals surface area contributed by atoms with Gasteiger partial charge in [0.25, 0.3) is 0 Å². The SMILES string of the molecule is CCc1ccc(N(C(=O)C(C)C)C2CCN(Cc3ccc(O)c([N+](=O)[O-])c3)CC2)cc1. The van der Waals surface area contributed by atoms with Crippen molar-refractivity contribution in [1.29, 1.82) is 0 Å². The maximum Gasteiger partial charge on any atom is 0.311 e. The maximum atomic E-state index is 13.0. The molecule has 3 rings (SSSR count).